The van der Waals surface area contributed by atoms with E-state index in [1.54, 1.807) is 24.3 Å². The smallest absolute Gasteiger partial charge is 0.418 e. The number of benzene rings is 2. The lowest BCUT2D eigenvalue weighted by Gasteiger charge is -2.13. The summed E-state index contributed by atoms with van der Waals surface area (Å²) in [6.07, 6.45) is -4.87. The summed E-state index contributed by atoms with van der Waals surface area (Å²) >= 11 is 0. The Morgan fingerprint density at radius 3 is 2.32 bits per heavy atom. The van der Waals surface area contributed by atoms with Gasteiger partial charge in [0, 0.05) is 11.3 Å². The molecular weight excluding hydrogens is 375 g/mol. The van der Waals surface area contributed by atoms with Crippen LogP contribution in [0.1, 0.15) is 29.3 Å². The van der Waals surface area contributed by atoms with Gasteiger partial charge in [0.05, 0.1) is 24.8 Å². The minimum atomic E-state index is -4.58. The van der Waals surface area contributed by atoms with Crippen molar-refractivity contribution in [3.63, 3.8) is 0 Å². The summed E-state index contributed by atoms with van der Waals surface area (Å²) in [5, 5.41) is 6.01. The van der Waals surface area contributed by atoms with E-state index in [1.165, 1.54) is 32.2 Å². The maximum absolute atomic E-state index is 12.9. The highest BCUT2D eigenvalue weighted by atomic mass is 19.4. The molecule has 0 aromatic heterocycles. The highest BCUT2D eigenvalue weighted by molar-refractivity contribution is 6.06. The summed E-state index contributed by atoms with van der Waals surface area (Å²) in [6.45, 7) is 1.48. The van der Waals surface area contributed by atoms with Crippen LogP contribution in [0.3, 0.4) is 0 Å². The quantitative estimate of drug-likeness (QED) is 0.578. The number of nitrogens with zero attached hydrogens (tertiary/aromatic N) is 1. The van der Waals surface area contributed by atoms with Crippen LogP contribution in [0.25, 0.3) is 0 Å². The Morgan fingerprint density at radius 1 is 1.07 bits per heavy atom. The second-order valence-corrected chi connectivity index (χ2v) is 5.78. The molecule has 2 rings (SSSR count). The lowest BCUT2D eigenvalue weighted by molar-refractivity contribution is -0.137. The molecule has 9 heteroatoms. The average Bonchev–Trinajstić information content (AvgIpc) is 2.65. The van der Waals surface area contributed by atoms with E-state index in [-0.39, 0.29) is 17.8 Å². The summed E-state index contributed by atoms with van der Waals surface area (Å²) in [5.41, 5.74) is 1.57. The van der Waals surface area contributed by atoms with E-state index >= 15 is 0 Å². The Bertz CT molecular complexity index is 878. The summed E-state index contributed by atoms with van der Waals surface area (Å²) in [6, 6.07) is 11.0. The number of halogens is 3. The molecule has 0 atom stereocenters. The molecule has 0 aliphatic rings. The zero-order valence-electron chi connectivity index (χ0n) is 15.1. The molecule has 0 spiro atoms. The number of amides is 2. The predicted molar refractivity (Wildman–Crippen MR) is 98.3 cm³/mol. The molecule has 2 aromatic carbocycles. The predicted octanol–water partition coefficient (Wildman–Crippen LogP) is 3.85. The van der Waals surface area contributed by atoms with Crippen molar-refractivity contribution < 1.29 is 27.5 Å². The number of hydrazone groups is 1. The molecule has 0 unspecified atom stereocenters. The summed E-state index contributed by atoms with van der Waals surface area (Å²) in [7, 11) is 1.50. The molecule has 2 amide bonds. The van der Waals surface area contributed by atoms with Crippen LogP contribution in [0.4, 0.5) is 18.9 Å². The maximum atomic E-state index is 12.9. The number of hydrogen-bond acceptors (Lipinski definition) is 4. The normalized spacial score (nSPS) is 11.7. The van der Waals surface area contributed by atoms with Crippen molar-refractivity contribution in [1.29, 1.82) is 0 Å². The van der Waals surface area contributed by atoms with Crippen LogP contribution in [0.15, 0.2) is 53.6 Å². The number of rotatable bonds is 6. The van der Waals surface area contributed by atoms with Gasteiger partial charge in [0.25, 0.3) is 5.91 Å². The van der Waals surface area contributed by atoms with Crippen LogP contribution in [0.5, 0.6) is 5.75 Å². The molecule has 148 valence electrons. The molecule has 2 aromatic rings. The van der Waals surface area contributed by atoms with Crippen molar-refractivity contribution in [3.05, 3.63) is 59.7 Å². The maximum Gasteiger partial charge on any atom is 0.418 e. The van der Waals surface area contributed by atoms with Crippen molar-refractivity contribution in [3.8, 4) is 5.75 Å². The first kappa shape index (κ1) is 20.9. The highest BCUT2D eigenvalue weighted by Crippen LogP contribution is 2.34. The summed E-state index contributed by atoms with van der Waals surface area (Å²) < 4.78 is 43.8. The number of anilines is 1. The first-order valence-corrected chi connectivity index (χ1v) is 8.14. The fraction of sp³-hybridized carbons (Fsp3) is 0.211. The molecule has 0 bridgehead atoms. The van der Waals surface area contributed by atoms with Gasteiger partial charge in [-0.2, -0.15) is 18.3 Å². The van der Waals surface area contributed by atoms with Crippen molar-refractivity contribution in [2.75, 3.05) is 12.4 Å². The van der Waals surface area contributed by atoms with Crippen molar-refractivity contribution >= 4 is 23.2 Å². The largest absolute Gasteiger partial charge is 0.497 e. The van der Waals surface area contributed by atoms with E-state index in [4.69, 9.17) is 4.74 Å². The third-order valence-corrected chi connectivity index (χ3v) is 3.62. The molecule has 0 fully saturated rings. The van der Waals surface area contributed by atoms with Gasteiger partial charge < -0.3 is 10.1 Å². The molecule has 28 heavy (non-hydrogen) atoms. The van der Waals surface area contributed by atoms with Gasteiger partial charge in [0.15, 0.2) is 0 Å². The summed E-state index contributed by atoms with van der Waals surface area (Å²) in [4.78, 5) is 24.0. The molecule has 0 saturated heterocycles. The monoisotopic (exact) mass is 393 g/mol. The second-order valence-electron chi connectivity index (χ2n) is 5.78. The van der Waals surface area contributed by atoms with Crippen LogP contribution in [0, 0.1) is 0 Å². The highest BCUT2D eigenvalue weighted by Gasteiger charge is 2.33. The van der Waals surface area contributed by atoms with Gasteiger partial charge in [0.2, 0.25) is 5.91 Å². The van der Waals surface area contributed by atoms with E-state index < -0.39 is 23.6 Å². The molecule has 0 aliphatic carbocycles. The first-order valence-electron chi connectivity index (χ1n) is 8.14. The Hall–Kier alpha value is -3.36. The van der Waals surface area contributed by atoms with Crippen LogP contribution in [-0.2, 0) is 11.0 Å². The molecule has 0 saturated carbocycles. The molecule has 0 aliphatic heterocycles. The minimum absolute atomic E-state index is 0.226. The second kappa shape index (κ2) is 9.03. The van der Waals surface area contributed by atoms with Crippen LogP contribution < -0.4 is 15.5 Å². The zero-order chi connectivity index (χ0) is 20.7. The Labute approximate surface area is 159 Å². The van der Waals surface area contributed by atoms with E-state index in [0.717, 1.165) is 6.07 Å². The van der Waals surface area contributed by atoms with Gasteiger partial charge >= 0.3 is 6.18 Å². The SMILES string of the molecule is COc1ccc(C(=O)N/N=C(/C)CC(=O)Nc2ccccc2C(F)(F)F)cc1. The lowest BCUT2D eigenvalue weighted by atomic mass is 10.1. The van der Waals surface area contributed by atoms with Gasteiger partial charge in [-0.05, 0) is 43.3 Å². The van der Waals surface area contributed by atoms with Crippen LogP contribution in [0.2, 0.25) is 0 Å². The first-order chi connectivity index (χ1) is 13.2. The van der Waals surface area contributed by atoms with Gasteiger partial charge in [-0.1, -0.05) is 12.1 Å². The number of carbonyl (C=O) groups is 2. The average molecular weight is 393 g/mol. The Kier molecular flexibility index (Phi) is 6.75. The fourth-order valence-corrected chi connectivity index (χ4v) is 2.26. The van der Waals surface area contributed by atoms with Crippen LogP contribution in [-0.4, -0.2) is 24.6 Å². The fourth-order valence-electron chi connectivity index (χ4n) is 2.26. The third kappa shape index (κ3) is 5.83. The van der Waals surface area contributed by atoms with Crippen LogP contribution >= 0.6 is 0 Å². The van der Waals surface area contributed by atoms with Gasteiger partial charge in [-0.25, -0.2) is 5.43 Å². The van der Waals surface area contributed by atoms with E-state index in [1.807, 2.05) is 0 Å². The van der Waals surface area contributed by atoms with Crippen molar-refractivity contribution in [2.24, 2.45) is 5.10 Å². The van der Waals surface area contributed by atoms with Crippen molar-refractivity contribution in [1.82, 2.24) is 5.43 Å². The number of para-hydroxylation sites is 1. The van der Waals surface area contributed by atoms with Gasteiger partial charge in [0.1, 0.15) is 5.75 Å². The minimum Gasteiger partial charge on any atom is -0.497 e. The molecule has 0 heterocycles. The Balaban J connectivity index is 1.96. The number of alkyl halides is 3. The molecular formula is C19H18F3N3O3. The standard InChI is InChI=1S/C19H18F3N3O3/c1-12(24-25-18(27)13-7-9-14(28-2)10-8-13)11-17(26)23-16-6-4-3-5-15(16)19(20,21)22/h3-10H,11H2,1-2H3,(H,23,26)(H,25,27)/b24-12-. The third-order valence-electron chi connectivity index (χ3n) is 3.62. The lowest BCUT2D eigenvalue weighted by Crippen LogP contribution is -2.22. The van der Waals surface area contributed by atoms with Crippen molar-refractivity contribution in [2.45, 2.75) is 19.5 Å². The zero-order valence-corrected chi connectivity index (χ0v) is 15.1. The topological polar surface area (TPSA) is 79.8 Å². The number of ether oxygens (including phenoxy) is 1. The molecule has 6 nitrogen and oxygen atoms in total. The summed E-state index contributed by atoms with van der Waals surface area (Å²) in [5.74, 6) is -0.589. The van der Waals surface area contributed by atoms with E-state index in [0.29, 0.717) is 11.3 Å². The number of hydrogen-bond donors (Lipinski definition) is 2. The molecule has 2 N–H and O–H groups in total. The van der Waals surface area contributed by atoms with Gasteiger partial charge in [-0.3, -0.25) is 9.59 Å². The van der Waals surface area contributed by atoms with Gasteiger partial charge in [-0.15, -0.1) is 0 Å². The number of methoxy groups -OCH3 is 1. The number of nitrogens with one attached hydrogen (secondary N) is 2. The van der Waals surface area contributed by atoms with E-state index in [9.17, 15) is 22.8 Å². The Morgan fingerprint density at radius 2 is 1.71 bits per heavy atom. The molecule has 0 radical (unpaired) electrons. The van der Waals surface area contributed by atoms with E-state index in [2.05, 4.69) is 15.8 Å². The number of carbonyl (C=O) groups excluding carboxylic acids is 2.